The van der Waals surface area contributed by atoms with Gasteiger partial charge in [0.25, 0.3) is 5.24 Å². The number of carbonyl (C=O) groups is 1. The van der Waals surface area contributed by atoms with E-state index >= 15 is 0 Å². The van der Waals surface area contributed by atoms with E-state index in [0.29, 0.717) is 5.56 Å². The number of halogens is 3. The van der Waals surface area contributed by atoms with Gasteiger partial charge in [0.15, 0.2) is 0 Å². The van der Waals surface area contributed by atoms with Crippen molar-refractivity contribution in [2.45, 2.75) is 32.3 Å². The molecule has 1 aliphatic carbocycles. The first-order valence-corrected chi connectivity index (χ1v) is 6.42. The Kier molecular flexibility index (Phi) is 4.53. The standard InChI is InChI=1S/C14H13ClF2O2/c15-13(18)10-5-6-12(19-14(16)17)11(8-10)7-9-3-1-2-4-9/h5-8,14H,1-4H2. The van der Waals surface area contributed by atoms with Crippen molar-refractivity contribution in [1.29, 1.82) is 0 Å². The van der Waals surface area contributed by atoms with Gasteiger partial charge in [-0.2, -0.15) is 8.78 Å². The lowest BCUT2D eigenvalue weighted by molar-refractivity contribution is -0.0499. The number of benzene rings is 1. The summed E-state index contributed by atoms with van der Waals surface area (Å²) in [5.74, 6) is 0.0658. The van der Waals surface area contributed by atoms with Gasteiger partial charge in [0.05, 0.1) is 0 Å². The van der Waals surface area contributed by atoms with E-state index in [1.807, 2.05) is 6.08 Å². The maximum Gasteiger partial charge on any atom is 0.387 e. The smallest absolute Gasteiger partial charge is 0.387 e. The summed E-state index contributed by atoms with van der Waals surface area (Å²) in [4.78, 5) is 11.1. The molecular weight excluding hydrogens is 274 g/mol. The Morgan fingerprint density at radius 3 is 2.58 bits per heavy atom. The number of carbonyl (C=O) groups excluding carboxylic acids is 1. The van der Waals surface area contributed by atoms with Crippen molar-refractivity contribution in [2.24, 2.45) is 0 Å². The third kappa shape index (κ3) is 3.77. The molecule has 2 nitrogen and oxygen atoms in total. The zero-order chi connectivity index (χ0) is 13.8. The molecule has 0 heterocycles. The lowest BCUT2D eigenvalue weighted by atomic mass is 10.1. The first-order chi connectivity index (χ1) is 9.06. The normalized spacial score (nSPS) is 14.8. The fraction of sp³-hybridized carbons (Fsp3) is 0.357. The van der Waals surface area contributed by atoms with E-state index in [1.54, 1.807) is 0 Å². The number of hydrogen-bond acceptors (Lipinski definition) is 2. The molecule has 0 unspecified atom stereocenters. The van der Waals surface area contributed by atoms with Gasteiger partial charge in [-0.15, -0.1) is 0 Å². The molecule has 0 aliphatic heterocycles. The van der Waals surface area contributed by atoms with Crippen molar-refractivity contribution in [3.05, 3.63) is 34.9 Å². The Bertz CT molecular complexity index is 504. The van der Waals surface area contributed by atoms with E-state index in [9.17, 15) is 13.6 Å². The van der Waals surface area contributed by atoms with Gasteiger partial charge >= 0.3 is 6.61 Å². The molecule has 0 atom stereocenters. The second-order valence-electron chi connectivity index (χ2n) is 4.41. The topological polar surface area (TPSA) is 26.3 Å². The summed E-state index contributed by atoms with van der Waals surface area (Å²) >= 11 is 5.40. The second kappa shape index (κ2) is 6.15. The van der Waals surface area contributed by atoms with Gasteiger partial charge in [0.1, 0.15) is 5.75 Å². The van der Waals surface area contributed by atoms with Crippen LogP contribution in [0.2, 0.25) is 0 Å². The van der Waals surface area contributed by atoms with Gasteiger partial charge < -0.3 is 4.74 Å². The minimum absolute atomic E-state index is 0.0658. The molecule has 1 fully saturated rings. The van der Waals surface area contributed by atoms with Crippen LogP contribution in [-0.4, -0.2) is 11.9 Å². The van der Waals surface area contributed by atoms with Crippen molar-refractivity contribution < 1.29 is 18.3 Å². The summed E-state index contributed by atoms with van der Waals surface area (Å²) in [6, 6.07) is 4.21. The summed E-state index contributed by atoms with van der Waals surface area (Å²) in [5, 5.41) is -0.616. The molecule has 1 aliphatic rings. The molecule has 1 saturated carbocycles. The Balaban J connectivity index is 2.37. The highest BCUT2D eigenvalue weighted by Crippen LogP contribution is 2.30. The van der Waals surface area contributed by atoms with Crippen molar-refractivity contribution in [1.82, 2.24) is 0 Å². The zero-order valence-electron chi connectivity index (χ0n) is 10.2. The zero-order valence-corrected chi connectivity index (χ0v) is 10.9. The van der Waals surface area contributed by atoms with Crippen LogP contribution in [0.3, 0.4) is 0 Å². The van der Waals surface area contributed by atoms with E-state index < -0.39 is 11.9 Å². The summed E-state index contributed by atoms with van der Waals surface area (Å²) in [6.45, 7) is -2.89. The largest absolute Gasteiger partial charge is 0.434 e. The molecule has 0 saturated heterocycles. The Labute approximate surface area is 115 Å². The van der Waals surface area contributed by atoms with Crippen LogP contribution < -0.4 is 4.74 Å². The molecule has 0 N–H and O–H groups in total. The fourth-order valence-corrected chi connectivity index (χ4v) is 2.30. The van der Waals surface area contributed by atoms with E-state index in [4.69, 9.17) is 11.6 Å². The predicted octanol–water partition coefficient (Wildman–Crippen LogP) is 4.62. The van der Waals surface area contributed by atoms with Crippen LogP contribution in [0.5, 0.6) is 5.75 Å². The highest BCUT2D eigenvalue weighted by Gasteiger charge is 2.13. The van der Waals surface area contributed by atoms with Gasteiger partial charge in [-0.3, -0.25) is 4.79 Å². The van der Waals surface area contributed by atoms with Crippen LogP contribution in [0, 0.1) is 0 Å². The quantitative estimate of drug-likeness (QED) is 0.755. The molecular formula is C14H13ClF2O2. The monoisotopic (exact) mass is 286 g/mol. The lowest BCUT2D eigenvalue weighted by Crippen LogP contribution is -2.04. The molecule has 0 radical (unpaired) electrons. The third-order valence-electron chi connectivity index (χ3n) is 3.06. The molecule has 0 amide bonds. The summed E-state index contributed by atoms with van der Waals surface area (Å²) in [7, 11) is 0. The van der Waals surface area contributed by atoms with Crippen LogP contribution in [0.4, 0.5) is 8.78 Å². The molecule has 1 aromatic carbocycles. The molecule has 19 heavy (non-hydrogen) atoms. The summed E-state index contributed by atoms with van der Waals surface area (Å²) < 4.78 is 29.1. The predicted molar refractivity (Wildman–Crippen MR) is 69.7 cm³/mol. The van der Waals surface area contributed by atoms with Crippen molar-refractivity contribution in [3.8, 4) is 5.75 Å². The van der Waals surface area contributed by atoms with E-state index in [0.717, 1.165) is 25.7 Å². The fourth-order valence-electron chi connectivity index (χ4n) is 2.18. The maximum atomic E-state index is 12.3. The summed E-state index contributed by atoms with van der Waals surface area (Å²) in [6.07, 6.45) is 5.92. The van der Waals surface area contributed by atoms with Crippen molar-refractivity contribution in [2.75, 3.05) is 0 Å². The molecule has 1 aromatic rings. The highest BCUT2D eigenvalue weighted by atomic mass is 35.5. The van der Waals surface area contributed by atoms with Gasteiger partial charge in [0, 0.05) is 11.1 Å². The van der Waals surface area contributed by atoms with Gasteiger partial charge in [-0.25, -0.2) is 0 Å². The van der Waals surface area contributed by atoms with Crippen LogP contribution in [0.15, 0.2) is 23.8 Å². The number of ether oxygens (including phenoxy) is 1. The maximum absolute atomic E-state index is 12.3. The second-order valence-corrected chi connectivity index (χ2v) is 4.76. The first kappa shape index (κ1) is 14.0. The van der Waals surface area contributed by atoms with Gasteiger partial charge in [0.2, 0.25) is 0 Å². The number of alkyl halides is 2. The number of hydrogen-bond donors (Lipinski definition) is 0. The van der Waals surface area contributed by atoms with Gasteiger partial charge in [-0.1, -0.05) is 11.6 Å². The molecule has 102 valence electrons. The highest BCUT2D eigenvalue weighted by molar-refractivity contribution is 6.67. The van der Waals surface area contributed by atoms with Crippen LogP contribution in [-0.2, 0) is 0 Å². The van der Waals surface area contributed by atoms with Crippen LogP contribution in [0.1, 0.15) is 41.6 Å². The number of allylic oxidation sites excluding steroid dienone is 1. The molecule has 0 bridgehead atoms. The Hall–Kier alpha value is -1.42. The van der Waals surface area contributed by atoms with Crippen LogP contribution in [0.25, 0.3) is 6.08 Å². The first-order valence-electron chi connectivity index (χ1n) is 6.04. The minimum atomic E-state index is -2.89. The Morgan fingerprint density at radius 2 is 2.00 bits per heavy atom. The Morgan fingerprint density at radius 1 is 1.32 bits per heavy atom. The molecule has 0 aromatic heterocycles. The average Bonchev–Trinajstić information content (AvgIpc) is 2.83. The van der Waals surface area contributed by atoms with Gasteiger partial charge in [-0.05, 0) is 55.5 Å². The lowest BCUT2D eigenvalue weighted by Gasteiger charge is -2.09. The third-order valence-corrected chi connectivity index (χ3v) is 3.28. The van der Waals surface area contributed by atoms with Crippen molar-refractivity contribution in [3.63, 3.8) is 0 Å². The average molecular weight is 287 g/mol. The SMILES string of the molecule is O=C(Cl)c1ccc(OC(F)F)c(C=C2CCCC2)c1. The molecule has 5 heteroatoms. The van der Waals surface area contributed by atoms with Crippen molar-refractivity contribution >= 4 is 22.9 Å². The van der Waals surface area contributed by atoms with Crippen LogP contribution >= 0.6 is 11.6 Å². The van der Waals surface area contributed by atoms with E-state index in [1.165, 1.54) is 23.8 Å². The molecule has 2 rings (SSSR count). The summed E-state index contributed by atoms with van der Waals surface area (Å²) in [5.41, 5.74) is 1.93. The minimum Gasteiger partial charge on any atom is -0.434 e. The van der Waals surface area contributed by atoms with E-state index in [-0.39, 0.29) is 11.3 Å². The number of rotatable bonds is 4. The molecule has 0 spiro atoms. The van der Waals surface area contributed by atoms with E-state index in [2.05, 4.69) is 4.74 Å².